The summed E-state index contributed by atoms with van der Waals surface area (Å²) in [7, 11) is 0. The molecular formula is C30H43BrN2O4. The summed E-state index contributed by atoms with van der Waals surface area (Å²) < 4.78 is 10.1. The topological polar surface area (TPSA) is 67.9 Å². The van der Waals surface area contributed by atoms with Crippen LogP contribution < -0.4 is 5.32 Å². The summed E-state index contributed by atoms with van der Waals surface area (Å²) in [6.45, 7) is 13.4. The molecule has 0 bridgehead atoms. The van der Waals surface area contributed by atoms with E-state index >= 15 is 0 Å². The molecule has 4 rings (SSSR count). The van der Waals surface area contributed by atoms with Crippen LogP contribution in [0.3, 0.4) is 0 Å². The van der Waals surface area contributed by atoms with E-state index in [1.54, 1.807) is 6.92 Å². The molecule has 2 heterocycles. The molecule has 37 heavy (non-hydrogen) atoms. The van der Waals surface area contributed by atoms with Gasteiger partial charge in [0.05, 0.1) is 13.2 Å². The third kappa shape index (κ3) is 11.0. The standard InChI is InChI=1S/C15H21NO2.C10H11BrO2.C5H11N/c1-3-18-15(17)14(13-7-5-4-6-8-13)16-10-9-12(2)11-16;1-2-13-10(12)9(11)8-6-4-3-5-7-8;1-5-2-3-6-4-5/h4-8,12,14H,3,9-11H2,1-2H3;3-7,9H,2H2,1H3;5-6H,2-4H2,1H3/t12-,14?;;5-/m1.1/s1. The van der Waals surface area contributed by atoms with Gasteiger partial charge in [-0.2, -0.15) is 0 Å². The first-order valence-corrected chi connectivity index (χ1v) is 14.3. The minimum atomic E-state index is -0.353. The minimum absolute atomic E-state index is 0.127. The van der Waals surface area contributed by atoms with Crippen LogP contribution in [0.1, 0.15) is 62.5 Å². The van der Waals surface area contributed by atoms with Crippen LogP contribution in [-0.4, -0.2) is 56.2 Å². The van der Waals surface area contributed by atoms with E-state index in [1.807, 2.05) is 67.6 Å². The van der Waals surface area contributed by atoms with Crippen LogP contribution in [0.4, 0.5) is 0 Å². The largest absolute Gasteiger partial charge is 0.465 e. The molecule has 0 radical (unpaired) electrons. The first-order valence-electron chi connectivity index (χ1n) is 13.4. The van der Waals surface area contributed by atoms with Gasteiger partial charge in [0.15, 0.2) is 0 Å². The summed E-state index contributed by atoms with van der Waals surface area (Å²) in [6, 6.07) is 19.2. The molecule has 1 N–H and O–H groups in total. The van der Waals surface area contributed by atoms with E-state index in [1.165, 1.54) is 19.5 Å². The van der Waals surface area contributed by atoms with Gasteiger partial charge in [-0.1, -0.05) is 90.4 Å². The highest BCUT2D eigenvalue weighted by molar-refractivity contribution is 9.09. The van der Waals surface area contributed by atoms with Crippen molar-refractivity contribution in [3.8, 4) is 0 Å². The molecule has 204 valence electrons. The number of nitrogens with zero attached hydrogens (tertiary/aromatic N) is 1. The van der Waals surface area contributed by atoms with Gasteiger partial charge in [0.25, 0.3) is 0 Å². The molecule has 0 spiro atoms. The van der Waals surface area contributed by atoms with E-state index < -0.39 is 0 Å². The first-order chi connectivity index (χ1) is 17.9. The fourth-order valence-corrected chi connectivity index (χ4v) is 4.77. The maximum absolute atomic E-state index is 12.2. The van der Waals surface area contributed by atoms with Crippen molar-refractivity contribution >= 4 is 27.9 Å². The van der Waals surface area contributed by atoms with Gasteiger partial charge < -0.3 is 14.8 Å². The highest BCUT2D eigenvalue weighted by atomic mass is 79.9. The second kappa shape index (κ2) is 17.3. The Kier molecular flexibility index (Phi) is 14.5. The molecule has 7 heteroatoms. The third-order valence-corrected chi connectivity index (χ3v) is 7.24. The molecule has 2 aliphatic heterocycles. The summed E-state index contributed by atoms with van der Waals surface area (Å²) in [5.41, 5.74) is 1.95. The third-order valence-electron chi connectivity index (χ3n) is 6.34. The number of benzene rings is 2. The van der Waals surface area contributed by atoms with Crippen LogP contribution in [0.15, 0.2) is 60.7 Å². The Bertz CT molecular complexity index is 906. The second-order valence-corrected chi connectivity index (χ2v) is 10.5. The maximum atomic E-state index is 12.2. The van der Waals surface area contributed by atoms with Crippen LogP contribution in [0.25, 0.3) is 0 Å². The molecule has 0 aliphatic carbocycles. The number of esters is 2. The van der Waals surface area contributed by atoms with E-state index in [9.17, 15) is 9.59 Å². The molecule has 2 aromatic carbocycles. The summed E-state index contributed by atoms with van der Waals surface area (Å²) in [5.74, 6) is 1.22. The molecule has 0 amide bonds. The second-order valence-electron chi connectivity index (χ2n) is 9.58. The average molecular weight is 576 g/mol. The van der Waals surface area contributed by atoms with Crippen molar-refractivity contribution in [2.24, 2.45) is 11.8 Å². The lowest BCUT2D eigenvalue weighted by atomic mass is 10.1. The molecular weight excluding hydrogens is 532 g/mol. The minimum Gasteiger partial charge on any atom is -0.465 e. The summed E-state index contributed by atoms with van der Waals surface area (Å²) in [6.07, 6.45) is 2.53. The highest BCUT2D eigenvalue weighted by Crippen LogP contribution is 2.28. The average Bonchev–Trinajstić information content (AvgIpc) is 3.57. The smallest absolute Gasteiger partial charge is 0.327 e. The number of halogens is 1. The molecule has 0 aromatic heterocycles. The first kappa shape index (κ1) is 31.0. The zero-order chi connectivity index (χ0) is 27.0. The van der Waals surface area contributed by atoms with Crippen LogP contribution in [-0.2, 0) is 19.1 Å². The number of hydrogen-bond donors (Lipinski definition) is 1. The van der Waals surface area contributed by atoms with E-state index in [-0.39, 0.29) is 22.8 Å². The molecule has 2 aromatic rings. The summed E-state index contributed by atoms with van der Waals surface area (Å²) >= 11 is 3.28. The Balaban J connectivity index is 0.000000220. The van der Waals surface area contributed by atoms with Gasteiger partial charge in [0, 0.05) is 6.54 Å². The summed E-state index contributed by atoms with van der Waals surface area (Å²) in [5, 5.41) is 3.27. The van der Waals surface area contributed by atoms with Crippen LogP contribution in [0.5, 0.6) is 0 Å². The van der Waals surface area contributed by atoms with Crippen LogP contribution in [0.2, 0.25) is 0 Å². The predicted molar refractivity (Wildman–Crippen MR) is 153 cm³/mol. The predicted octanol–water partition coefficient (Wildman–Crippen LogP) is 5.93. The number of alkyl halides is 1. The van der Waals surface area contributed by atoms with E-state index in [4.69, 9.17) is 9.47 Å². The fraction of sp³-hybridized carbons (Fsp3) is 0.533. The number of hydrogen-bond acceptors (Lipinski definition) is 6. The number of nitrogens with one attached hydrogen (secondary N) is 1. The fourth-order valence-electron chi connectivity index (χ4n) is 4.33. The normalized spacial score (nSPS) is 20.5. The van der Waals surface area contributed by atoms with Crippen molar-refractivity contribution in [1.29, 1.82) is 0 Å². The molecule has 4 atom stereocenters. The van der Waals surface area contributed by atoms with Crippen molar-refractivity contribution in [2.75, 3.05) is 39.4 Å². The van der Waals surface area contributed by atoms with E-state index in [0.717, 1.165) is 36.6 Å². The van der Waals surface area contributed by atoms with Crippen molar-refractivity contribution in [3.63, 3.8) is 0 Å². The Hall–Kier alpha value is -2.22. The lowest BCUT2D eigenvalue weighted by Gasteiger charge is -2.26. The zero-order valence-electron chi connectivity index (χ0n) is 22.7. The zero-order valence-corrected chi connectivity index (χ0v) is 24.3. The van der Waals surface area contributed by atoms with Gasteiger partial charge in [-0.05, 0) is 69.3 Å². The number of carbonyl (C=O) groups is 2. The number of likely N-dealkylation sites (tertiary alicyclic amines) is 1. The number of carbonyl (C=O) groups excluding carboxylic acids is 2. The molecule has 2 fully saturated rings. The molecule has 6 nitrogen and oxygen atoms in total. The van der Waals surface area contributed by atoms with Gasteiger partial charge in [-0.3, -0.25) is 9.69 Å². The molecule has 0 saturated carbocycles. The Morgan fingerprint density at radius 1 is 0.892 bits per heavy atom. The molecule has 2 unspecified atom stereocenters. The number of ether oxygens (including phenoxy) is 2. The van der Waals surface area contributed by atoms with Gasteiger partial charge in [-0.25, -0.2) is 4.79 Å². The van der Waals surface area contributed by atoms with E-state index in [0.29, 0.717) is 19.1 Å². The van der Waals surface area contributed by atoms with Crippen molar-refractivity contribution in [3.05, 3.63) is 71.8 Å². The Morgan fingerprint density at radius 3 is 1.89 bits per heavy atom. The Labute approximate surface area is 231 Å². The number of rotatable bonds is 7. The van der Waals surface area contributed by atoms with Crippen LogP contribution in [0, 0.1) is 11.8 Å². The van der Waals surface area contributed by atoms with Crippen molar-refractivity contribution in [1.82, 2.24) is 10.2 Å². The highest BCUT2D eigenvalue weighted by Gasteiger charge is 2.32. The van der Waals surface area contributed by atoms with Crippen molar-refractivity contribution in [2.45, 2.75) is 51.4 Å². The van der Waals surface area contributed by atoms with Gasteiger partial charge in [-0.15, -0.1) is 0 Å². The van der Waals surface area contributed by atoms with Crippen LogP contribution >= 0.6 is 15.9 Å². The van der Waals surface area contributed by atoms with Gasteiger partial charge in [0.2, 0.25) is 0 Å². The van der Waals surface area contributed by atoms with Gasteiger partial charge in [0.1, 0.15) is 10.9 Å². The molecule has 2 saturated heterocycles. The summed E-state index contributed by atoms with van der Waals surface area (Å²) in [4.78, 5) is 25.3. The molecule has 2 aliphatic rings. The van der Waals surface area contributed by atoms with E-state index in [2.05, 4.69) is 40.0 Å². The lowest BCUT2D eigenvalue weighted by molar-refractivity contribution is -0.149. The lowest BCUT2D eigenvalue weighted by Crippen LogP contribution is -2.33. The maximum Gasteiger partial charge on any atom is 0.327 e. The Morgan fingerprint density at radius 2 is 1.46 bits per heavy atom. The SMILES string of the molecule is CCOC(=O)C(Br)c1ccccc1.CCOC(=O)C(c1ccccc1)N1CC[C@@H](C)C1.C[C@@H]1CCNC1. The quantitative estimate of drug-likeness (QED) is 0.326. The monoisotopic (exact) mass is 574 g/mol. The van der Waals surface area contributed by atoms with Crippen molar-refractivity contribution < 1.29 is 19.1 Å². The van der Waals surface area contributed by atoms with Gasteiger partial charge >= 0.3 is 11.9 Å².